The molecule has 0 bridgehead atoms. The minimum absolute atomic E-state index is 0.187. The minimum atomic E-state index is -0.502. The van der Waals surface area contributed by atoms with Crippen LogP contribution in [0.15, 0.2) is 42.5 Å². The number of rotatable bonds is 7. The first-order valence-corrected chi connectivity index (χ1v) is 8.04. The third kappa shape index (κ3) is 5.06. The summed E-state index contributed by atoms with van der Waals surface area (Å²) in [6.45, 7) is 4.16. The molecule has 24 heavy (non-hydrogen) atoms. The quantitative estimate of drug-likeness (QED) is 0.812. The SMILES string of the molecule is CCCC(N)C(=O)Nc1ccc(OCc2cccc(F)c2)cc1C. The summed E-state index contributed by atoms with van der Waals surface area (Å²) in [5.74, 6) is 0.190. The van der Waals surface area contributed by atoms with E-state index >= 15 is 0 Å². The molecule has 0 aliphatic carbocycles. The predicted molar refractivity (Wildman–Crippen MR) is 93.4 cm³/mol. The van der Waals surface area contributed by atoms with E-state index in [2.05, 4.69) is 5.32 Å². The maximum atomic E-state index is 13.1. The number of hydrogen-bond donors (Lipinski definition) is 2. The Morgan fingerprint density at radius 3 is 2.75 bits per heavy atom. The van der Waals surface area contributed by atoms with Gasteiger partial charge in [-0.3, -0.25) is 4.79 Å². The average molecular weight is 330 g/mol. The van der Waals surface area contributed by atoms with Crippen LogP contribution >= 0.6 is 0 Å². The van der Waals surface area contributed by atoms with E-state index in [0.717, 1.165) is 17.5 Å². The first kappa shape index (κ1) is 17.9. The van der Waals surface area contributed by atoms with Crippen LogP contribution in [0.25, 0.3) is 0 Å². The van der Waals surface area contributed by atoms with Crippen molar-refractivity contribution in [3.8, 4) is 5.75 Å². The number of amides is 1. The molecule has 1 unspecified atom stereocenters. The molecule has 0 aliphatic heterocycles. The van der Waals surface area contributed by atoms with Crippen molar-refractivity contribution in [1.82, 2.24) is 0 Å². The molecule has 0 saturated heterocycles. The summed E-state index contributed by atoms with van der Waals surface area (Å²) < 4.78 is 18.8. The van der Waals surface area contributed by atoms with Gasteiger partial charge < -0.3 is 15.8 Å². The van der Waals surface area contributed by atoms with Crippen LogP contribution in [-0.4, -0.2) is 11.9 Å². The molecule has 0 saturated carbocycles. The molecule has 0 radical (unpaired) electrons. The number of carbonyl (C=O) groups excluding carboxylic acids is 1. The number of hydrogen-bond acceptors (Lipinski definition) is 3. The fourth-order valence-corrected chi connectivity index (χ4v) is 2.33. The maximum absolute atomic E-state index is 13.1. The lowest BCUT2D eigenvalue weighted by Crippen LogP contribution is -2.35. The Labute approximate surface area is 141 Å². The van der Waals surface area contributed by atoms with Crippen molar-refractivity contribution in [1.29, 1.82) is 0 Å². The monoisotopic (exact) mass is 330 g/mol. The van der Waals surface area contributed by atoms with Crippen LogP contribution in [0.1, 0.15) is 30.9 Å². The predicted octanol–water partition coefficient (Wildman–Crippen LogP) is 3.78. The summed E-state index contributed by atoms with van der Waals surface area (Å²) in [6, 6.07) is 11.2. The lowest BCUT2D eigenvalue weighted by atomic mass is 10.1. The van der Waals surface area contributed by atoms with Crippen molar-refractivity contribution in [2.45, 2.75) is 39.3 Å². The van der Waals surface area contributed by atoms with Crippen molar-refractivity contribution < 1.29 is 13.9 Å². The zero-order valence-corrected chi connectivity index (χ0v) is 14.0. The van der Waals surface area contributed by atoms with Crippen LogP contribution in [0.5, 0.6) is 5.75 Å². The van der Waals surface area contributed by atoms with E-state index in [1.165, 1.54) is 12.1 Å². The molecule has 0 spiro atoms. The van der Waals surface area contributed by atoms with E-state index in [-0.39, 0.29) is 18.3 Å². The van der Waals surface area contributed by atoms with E-state index < -0.39 is 6.04 Å². The van der Waals surface area contributed by atoms with Gasteiger partial charge in [-0.1, -0.05) is 25.5 Å². The maximum Gasteiger partial charge on any atom is 0.241 e. The number of benzene rings is 2. The third-order valence-electron chi connectivity index (χ3n) is 3.69. The van der Waals surface area contributed by atoms with Gasteiger partial charge in [0.05, 0.1) is 6.04 Å². The summed E-state index contributed by atoms with van der Waals surface area (Å²) >= 11 is 0. The van der Waals surface area contributed by atoms with Crippen molar-refractivity contribution in [3.63, 3.8) is 0 Å². The van der Waals surface area contributed by atoms with Crippen LogP contribution in [0.2, 0.25) is 0 Å². The van der Waals surface area contributed by atoms with Crippen LogP contribution in [0, 0.1) is 12.7 Å². The molecule has 0 heterocycles. The van der Waals surface area contributed by atoms with Crippen LogP contribution < -0.4 is 15.8 Å². The van der Waals surface area contributed by atoms with Gasteiger partial charge in [-0.15, -0.1) is 0 Å². The fourth-order valence-electron chi connectivity index (χ4n) is 2.33. The summed E-state index contributed by atoms with van der Waals surface area (Å²) in [5.41, 5.74) is 8.16. The lowest BCUT2D eigenvalue weighted by Gasteiger charge is -2.14. The molecule has 1 atom stereocenters. The third-order valence-corrected chi connectivity index (χ3v) is 3.69. The molecule has 2 aromatic rings. The van der Waals surface area contributed by atoms with Gasteiger partial charge >= 0.3 is 0 Å². The van der Waals surface area contributed by atoms with Gasteiger partial charge in [-0.25, -0.2) is 4.39 Å². The van der Waals surface area contributed by atoms with Gasteiger partial charge in [0.2, 0.25) is 5.91 Å². The van der Waals surface area contributed by atoms with Gasteiger partial charge in [-0.05, 0) is 54.8 Å². The number of halogens is 1. The zero-order valence-electron chi connectivity index (χ0n) is 14.0. The molecular weight excluding hydrogens is 307 g/mol. The topological polar surface area (TPSA) is 64.4 Å². The smallest absolute Gasteiger partial charge is 0.241 e. The highest BCUT2D eigenvalue weighted by atomic mass is 19.1. The Balaban J connectivity index is 1.97. The number of nitrogens with two attached hydrogens (primary N) is 1. The first-order valence-electron chi connectivity index (χ1n) is 8.04. The number of aryl methyl sites for hydroxylation is 1. The summed E-state index contributed by atoms with van der Waals surface area (Å²) in [4.78, 5) is 12.0. The number of ether oxygens (including phenoxy) is 1. The first-order chi connectivity index (χ1) is 11.5. The second-order valence-corrected chi connectivity index (χ2v) is 5.78. The van der Waals surface area contributed by atoms with Crippen molar-refractivity contribution in [2.24, 2.45) is 5.73 Å². The van der Waals surface area contributed by atoms with Gasteiger partial charge in [0.25, 0.3) is 0 Å². The van der Waals surface area contributed by atoms with Crippen LogP contribution in [0.3, 0.4) is 0 Å². The molecule has 128 valence electrons. The van der Waals surface area contributed by atoms with E-state index in [1.807, 2.05) is 19.9 Å². The molecule has 3 N–H and O–H groups in total. The Kier molecular flexibility index (Phi) is 6.32. The van der Waals surface area contributed by atoms with E-state index in [0.29, 0.717) is 17.9 Å². The largest absolute Gasteiger partial charge is 0.489 e. The van der Waals surface area contributed by atoms with Gasteiger partial charge in [0, 0.05) is 5.69 Å². The van der Waals surface area contributed by atoms with Crippen LogP contribution in [0.4, 0.5) is 10.1 Å². The molecule has 1 amide bonds. The number of anilines is 1. The highest BCUT2D eigenvalue weighted by molar-refractivity contribution is 5.95. The summed E-state index contributed by atoms with van der Waals surface area (Å²) in [7, 11) is 0. The number of carbonyl (C=O) groups is 1. The Morgan fingerprint density at radius 2 is 2.08 bits per heavy atom. The molecule has 2 rings (SSSR count). The Morgan fingerprint density at radius 1 is 1.29 bits per heavy atom. The second kappa shape index (κ2) is 8.45. The number of nitrogens with one attached hydrogen (secondary N) is 1. The van der Waals surface area contributed by atoms with E-state index in [9.17, 15) is 9.18 Å². The standard InChI is InChI=1S/C19H23FN2O2/c1-3-5-17(21)19(23)22-18-9-8-16(10-13(18)2)24-12-14-6-4-7-15(20)11-14/h4,6-11,17H,3,5,12,21H2,1-2H3,(H,22,23). The van der Waals surface area contributed by atoms with Gasteiger partial charge in [0.15, 0.2) is 0 Å². The zero-order chi connectivity index (χ0) is 17.5. The molecular formula is C19H23FN2O2. The summed E-state index contributed by atoms with van der Waals surface area (Å²) in [5, 5.41) is 2.83. The molecule has 0 fully saturated rings. The van der Waals surface area contributed by atoms with Crippen LogP contribution in [-0.2, 0) is 11.4 Å². The molecule has 0 aromatic heterocycles. The average Bonchev–Trinajstić information content (AvgIpc) is 2.55. The van der Waals surface area contributed by atoms with E-state index in [4.69, 9.17) is 10.5 Å². The van der Waals surface area contributed by atoms with Crippen molar-refractivity contribution in [3.05, 3.63) is 59.4 Å². The highest BCUT2D eigenvalue weighted by Gasteiger charge is 2.13. The molecule has 0 aliphatic rings. The van der Waals surface area contributed by atoms with Crippen molar-refractivity contribution >= 4 is 11.6 Å². The van der Waals surface area contributed by atoms with Gasteiger partial charge in [-0.2, -0.15) is 0 Å². The van der Waals surface area contributed by atoms with E-state index in [1.54, 1.807) is 24.3 Å². The highest BCUT2D eigenvalue weighted by Crippen LogP contribution is 2.22. The Bertz CT molecular complexity index is 704. The van der Waals surface area contributed by atoms with Crippen molar-refractivity contribution in [2.75, 3.05) is 5.32 Å². The van der Waals surface area contributed by atoms with Gasteiger partial charge in [0.1, 0.15) is 18.2 Å². The molecule has 5 heteroatoms. The summed E-state index contributed by atoms with van der Waals surface area (Å²) in [6.07, 6.45) is 1.51. The normalized spacial score (nSPS) is 11.8. The minimum Gasteiger partial charge on any atom is -0.489 e. The second-order valence-electron chi connectivity index (χ2n) is 5.78. The molecule has 4 nitrogen and oxygen atoms in total. The lowest BCUT2D eigenvalue weighted by molar-refractivity contribution is -0.117. The fraction of sp³-hybridized carbons (Fsp3) is 0.316. The molecule has 2 aromatic carbocycles. The Hall–Kier alpha value is -2.40.